The van der Waals surface area contributed by atoms with Crippen LogP contribution in [0.25, 0.3) is 17.4 Å². The van der Waals surface area contributed by atoms with E-state index in [9.17, 15) is 24.6 Å². The monoisotopic (exact) mass is 411 g/mol. The fraction of sp³-hybridized carbons (Fsp3) is 0. The molecule has 1 aromatic heterocycles. The highest BCUT2D eigenvalue weighted by Crippen LogP contribution is 2.33. The van der Waals surface area contributed by atoms with Crippen molar-refractivity contribution in [1.82, 2.24) is 0 Å². The van der Waals surface area contributed by atoms with E-state index in [1.807, 2.05) is 0 Å². The number of nitro benzene ring substituents is 1. The molecule has 0 aliphatic carbocycles. The number of hydrogen-bond donors (Lipinski definition) is 1. The predicted octanol–water partition coefficient (Wildman–Crippen LogP) is 5.19. The van der Waals surface area contributed by atoms with Crippen molar-refractivity contribution in [1.29, 1.82) is 5.26 Å². The Morgan fingerprint density at radius 2 is 2.00 bits per heavy atom. The van der Waals surface area contributed by atoms with Crippen molar-refractivity contribution >= 4 is 35.0 Å². The van der Waals surface area contributed by atoms with E-state index in [4.69, 9.17) is 16.0 Å². The summed E-state index contributed by atoms with van der Waals surface area (Å²) in [6, 6.07) is 14.3. The topological polar surface area (TPSA) is 109 Å². The molecule has 3 aromatic rings. The third kappa shape index (κ3) is 4.48. The molecular formula is C20H11ClFN3O4. The van der Waals surface area contributed by atoms with Gasteiger partial charge in [-0.3, -0.25) is 14.9 Å². The first-order valence-corrected chi connectivity index (χ1v) is 8.48. The zero-order valence-corrected chi connectivity index (χ0v) is 15.3. The number of hydrogen-bond acceptors (Lipinski definition) is 5. The molecule has 0 atom stereocenters. The van der Waals surface area contributed by atoms with Gasteiger partial charge in [-0.15, -0.1) is 0 Å². The lowest BCUT2D eigenvalue weighted by Crippen LogP contribution is -2.14. The minimum Gasteiger partial charge on any atom is -0.456 e. The highest BCUT2D eigenvalue weighted by atomic mass is 35.5. The van der Waals surface area contributed by atoms with Crippen LogP contribution in [0.5, 0.6) is 0 Å². The number of furan rings is 1. The molecule has 0 unspecified atom stereocenters. The Hall–Kier alpha value is -3.96. The first-order chi connectivity index (χ1) is 13.9. The maximum absolute atomic E-state index is 13.7. The van der Waals surface area contributed by atoms with Crippen molar-refractivity contribution < 1.29 is 18.5 Å². The summed E-state index contributed by atoms with van der Waals surface area (Å²) in [5, 5.41) is 23.0. The van der Waals surface area contributed by atoms with E-state index in [0.29, 0.717) is 0 Å². The number of halogens is 2. The largest absolute Gasteiger partial charge is 0.456 e. The molecule has 7 nitrogen and oxygen atoms in total. The number of carbonyl (C=O) groups is 1. The highest BCUT2D eigenvalue weighted by Gasteiger charge is 2.19. The normalized spacial score (nSPS) is 11.0. The van der Waals surface area contributed by atoms with Gasteiger partial charge in [0.15, 0.2) is 0 Å². The van der Waals surface area contributed by atoms with Crippen LogP contribution in [0.1, 0.15) is 5.76 Å². The van der Waals surface area contributed by atoms with Gasteiger partial charge in [-0.1, -0.05) is 23.7 Å². The number of para-hydroxylation sites is 1. The summed E-state index contributed by atoms with van der Waals surface area (Å²) in [4.78, 5) is 22.9. The number of anilines is 1. The number of rotatable bonds is 5. The van der Waals surface area contributed by atoms with Gasteiger partial charge in [0.1, 0.15) is 29.0 Å². The standard InChI is InChI=1S/C20H11ClFN3O4/c21-13-5-7-15(18(10-13)25(27)28)19-8-6-14(29-19)9-12(11-23)20(26)24-17-4-2-1-3-16(17)22/h1-10H,(H,24,26)/b12-9-. The minimum atomic E-state index is -0.826. The summed E-state index contributed by atoms with van der Waals surface area (Å²) in [5.41, 5.74) is -0.469. The molecule has 1 N–H and O–H groups in total. The second-order valence-corrected chi connectivity index (χ2v) is 6.16. The fourth-order valence-electron chi connectivity index (χ4n) is 2.48. The van der Waals surface area contributed by atoms with E-state index in [2.05, 4.69) is 5.32 Å². The number of nitriles is 1. The van der Waals surface area contributed by atoms with Gasteiger partial charge in [0.05, 0.1) is 16.2 Å². The summed E-state index contributed by atoms with van der Waals surface area (Å²) in [5.74, 6) is -1.20. The second kappa shape index (κ2) is 8.37. The second-order valence-electron chi connectivity index (χ2n) is 5.72. The van der Waals surface area contributed by atoms with Gasteiger partial charge >= 0.3 is 0 Å². The maximum Gasteiger partial charge on any atom is 0.281 e. The molecular weight excluding hydrogens is 401 g/mol. The van der Waals surface area contributed by atoms with Crippen LogP contribution in [0.3, 0.4) is 0 Å². The van der Waals surface area contributed by atoms with Gasteiger partial charge in [-0.2, -0.15) is 5.26 Å². The third-order valence-corrected chi connectivity index (χ3v) is 4.06. The van der Waals surface area contributed by atoms with E-state index >= 15 is 0 Å². The smallest absolute Gasteiger partial charge is 0.281 e. The average molecular weight is 412 g/mol. The molecule has 9 heteroatoms. The zero-order valence-electron chi connectivity index (χ0n) is 14.6. The van der Waals surface area contributed by atoms with Gasteiger partial charge < -0.3 is 9.73 Å². The van der Waals surface area contributed by atoms with Crippen LogP contribution in [0.2, 0.25) is 5.02 Å². The fourth-order valence-corrected chi connectivity index (χ4v) is 2.65. The third-order valence-electron chi connectivity index (χ3n) is 3.82. The van der Waals surface area contributed by atoms with Crippen LogP contribution < -0.4 is 5.32 Å². The first kappa shape index (κ1) is 19.8. The Balaban J connectivity index is 1.89. The van der Waals surface area contributed by atoms with Crippen LogP contribution in [0, 0.1) is 27.3 Å². The quantitative estimate of drug-likeness (QED) is 0.269. The SMILES string of the molecule is N#C/C(=C/c1ccc(-c2ccc(Cl)cc2[N+](=O)[O-])o1)C(=O)Nc1ccccc1F. The first-order valence-electron chi connectivity index (χ1n) is 8.11. The number of benzene rings is 2. The molecule has 0 aliphatic rings. The lowest BCUT2D eigenvalue weighted by atomic mass is 10.1. The molecule has 29 heavy (non-hydrogen) atoms. The van der Waals surface area contributed by atoms with Gasteiger partial charge in [0.2, 0.25) is 0 Å². The lowest BCUT2D eigenvalue weighted by molar-refractivity contribution is -0.384. The van der Waals surface area contributed by atoms with Gasteiger partial charge in [-0.05, 0) is 36.4 Å². The summed E-state index contributed by atoms with van der Waals surface area (Å²) in [7, 11) is 0. The molecule has 1 heterocycles. The van der Waals surface area contributed by atoms with Gasteiger partial charge in [-0.25, -0.2) is 4.39 Å². The van der Waals surface area contributed by atoms with Crippen LogP contribution in [0.15, 0.2) is 64.6 Å². The molecule has 3 rings (SSSR count). The van der Waals surface area contributed by atoms with Crippen LogP contribution >= 0.6 is 11.6 Å². The lowest BCUT2D eigenvalue weighted by Gasteiger charge is -2.04. The molecule has 0 aliphatic heterocycles. The number of nitrogens with one attached hydrogen (secondary N) is 1. The Morgan fingerprint density at radius 3 is 2.69 bits per heavy atom. The number of nitro groups is 1. The molecule has 2 aromatic carbocycles. The Morgan fingerprint density at radius 1 is 1.24 bits per heavy atom. The van der Waals surface area contributed by atoms with Crippen molar-refractivity contribution in [2.45, 2.75) is 0 Å². The maximum atomic E-state index is 13.7. The Labute approximate surface area is 168 Å². The zero-order chi connectivity index (χ0) is 21.0. The Kier molecular flexibility index (Phi) is 5.71. The number of nitrogens with zero attached hydrogens (tertiary/aromatic N) is 2. The molecule has 1 amide bonds. The van der Waals surface area contributed by atoms with E-state index in [-0.39, 0.29) is 39.1 Å². The molecule has 0 bridgehead atoms. The molecule has 0 saturated carbocycles. The summed E-state index contributed by atoms with van der Waals surface area (Å²) in [6.07, 6.45) is 1.15. The average Bonchev–Trinajstić information content (AvgIpc) is 3.16. The number of carbonyl (C=O) groups excluding carboxylic acids is 1. The van der Waals surface area contributed by atoms with E-state index < -0.39 is 16.6 Å². The highest BCUT2D eigenvalue weighted by molar-refractivity contribution is 6.30. The summed E-state index contributed by atoms with van der Waals surface area (Å²) >= 11 is 5.80. The van der Waals surface area contributed by atoms with E-state index in [1.165, 1.54) is 54.6 Å². The predicted molar refractivity (Wildman–Crippen MR) is 104 cm³/mol. The van der Waals surface area contributed by atoms with E-state index in [1.54, 1.807) is 6.07 Å². The van der Waals surface area contributed by atoms with E-state index in [0.717, 1.165) is 6.08 Å². The molecule has 0 radical (unpaired) electrons. The summed E-state index contributed by atoms with van der Waals surface area (Å²) in [6.45, 7) is 0. The molecule has 0 spiro atoms. The van der Waals surface area contributed by atoms with Gasteiger partial charge in [0.25, 0.3) is 11.6 Å². The van der Waals surface area contributed by atoms with Crippen LogP contribution in [-0.2, 0) is 4.79 Å². The van der Waals surface area contributed by atoms with Crippen LogP contribution in [-0.4, -0.2) is 10.8 Å². The van der Waals surface area contributed by atoms with Crippen molar-refractivity contribution in [3.8, 4) is 17.4 Å². The van der Waals surface area contributed by atoms with Crippen molar-refractivity contribution in [2.75, 3.05) is 5.32 Å². The molecule has 0 fully saturated rings. The summed E-state index contributed by atoms with van der Waals surface area (Å²) < 4.78 is 19.2. The molecule has 0 saturated heterocycles. The Bertz CT molecular complexity index is 1180. The molecule has 144 valence electrons. The minimum absolute atomic E-state index is 0.0735. The number of amides is 1. The van der Waals surface area contributed by atoms with Crippen molar-refractivity contribution in [3.63, 3.8) is 0 Å². The van der Waals surface area contributed by atoms with Crippen molar-refractivity contribution in [3.05, 3.63) is 86.9 Å². The van der Waals surface area contributed by atoms with Crippen molar-refractivity contribution in [2.24, 2.45) is 0 Å². The van der Waals surface area contributed by atoms with Gasteiger partial charge in [0, 0.05) is 17.2 Å². The van der Waals surface area contributed by atoms with Crippen LogP contribution in [0.4, 0.5) is 15.8 Å².